The fraction of sp³-hybridized carbons (Fsp3) is 0.0714. The molecule has 19 heavy (non-hydrogen) atoms. The molecule has 2 aromatic heterocycles. The summed E-state index contributed by atoms with van der Waals surface area (Å²) < 4.78 is 14.1. The zero-order valence-electron chi connectivity index (χ0n) is 10.2. The number of thiophene rings is 1. The molecule has 2 nitrogen and oxygen atoms in total. The molecule has 0 aliphatic heterocycles. The number of hydrogen-bond donors (Lipinski definition) is 0. The average Bonchev–Trinajstić information content (AvgIpc) is 2.81. The van der Waals surface area contributed by atoms with Gasteiger partial charge in [-0.25, -0.2) is 4.39 Å². The minimum atomic E-state index is -0.192. The predicted molar refractivity (Wildman–Crippen MR) is 81.3 cm³/mol. The Bertz CT molecular complexity index is 684. The SMILES string of the molecule is CN(c1ccncc1)c1csc2cc(F)ccc12.Cl. The molecule has 0 saturated heterocycles. The lowest BCUT2D eigenvalue weighted by Gasteiger charge is -2.18. The molecule has 0 unspecified atom stereocenters. The Hall–Kier alpha value is -1.65. The van der Waals surface area contributed by atoms with Crippen LogP contribution in [-0.4, -0.2) is 12.0 Å². The lowest BCUT2D eigenvalue weighted by molar-refractivity contribution is 0.630. The quantitative estimate of drug-likeness (QED) is 0.685. The molecular formula is C14H12ClFN2S. The lowest BCUT2D eigenvalue weighted by Crippen LogP contribution is -2.08. The molecule has 3 aromatic rings. The van der Waals surface area contributed by atoms with Crippen molar-refractivity contribution in [1.29, 1.82) is 0 Å². The van der Waals surface area contributed by atoms with Crippen LogP contribution in [0.25, 0.3) is 10.1 Å². The number of hydrogen-bond acceptors (Lipinski definition) is 3. The normalized spacial score (nSPS) is 10.2. The van der Waals surface area contributed by atoms with Crippen LogP contribution in [0.4, 0.5) is 15.8 Å². The molecule has 1 aromatic carbocycles. The fourth-order valence-corrected chi connectivity index (χ4v) is 2.96. The van der Waals surface area contributed by atoms with Crippen LogP contribution in [0.5, 0.6) is 0 Å². The average molecular weight is 295 g/mol. The molecule has 0 saturated carbocycles. The second-order valence-electron chi connectivity index (χ2n) is 4.03. The van der Waals surface area contributed by atoms with Gasteiger partial charge in [0.1, 0.15) is 5.82 Å². The first-order valence-electron chi connectivity index (χ1n) is 5.56. The van der Waals surface area contributed by atoms with Gasteiger partial charge in [-0.05, 0) is 30.3 Å². The summed E-state index contributed by atoms with van der Waals surface area (Å²) >= 11 is 1.55. The van der Waals surface area contributed by atoms with Crippen LogP contribution in [0, 0.1) is 5.82 Å². The van der Waals surface area contributed by atoms with Crippen LogP contribution in [0.2, 0.25) is 0 Å². The first-order chi connectivity index (χ1) is 8.75. The monoisotopic (exact) mass is 294 g/mol. The van der Waals surface area contributed by atoms with Gasteiger partial charge in [-0.2, -0.15) is 0 Å². The van der Waals surface area contributed by atoms with Crippen molar-refractivity contribution in [3.8, 4) is 0 Å². The molecule has 0 fully saturated rings. The van der Waals surface area contributed by atoms with Crippen molar-refractivity contribution in [2.45, 2.75) is 0 Å². The van der Waals surface area contributed by atoms with Crippen LogP contribution in [0.1, 0.15) is 0 Å². The Morgan fingerprint density at radius 3 is 2.63 bits per heavy atom. The minimum Gasteiger partial charge on any atom is -0.343 e. The van der Waals surface area contributed by atoms with Gasteiger partial charge in [0.05, 0.1) is 5.69 Å². The highest BCUT2D eigenvalue weighted by atomic mass is 35.5. The molecule has 3 rings (SSSR count). The number of pyridine rings is 1. The maximum absolute atomic E-state index is 13.2. The number of aromatic nitrogens is 1. The van der Waals surface area contributed by atoms with Crippen molar-refractivity contribution in [1.82, 2.24) is 4.98 Å². The Morgan fingerprint density at radius 2 is 1.89 bits per heavy atom. The van der Waals surface area contributed by atoms with Gasteiger partial charge < -0.3 is 4.90 Å². The van der Waals surface area contributed by atoms with Gasteiger partial charge in [-0.1, -0.05) is 0 Å². The van der Waals surface area contributed by atoms with E-state index in [1.165, 1.54) is 6.07 Å². The first-order valence-corrected chi connectivity index (χ1v) is 6.44. The molecule has 98 valence electrons. The molecule has 0 radical (unpaired) electrons. The van der Waals surface area contributed by atoms with E-state index in [2.05, 4.69) is 9.88 Å². The summed E-state index contributed by atoms with van der Waals surface area (Å²) in [6, 6.07) is 8.80. The van der Waals surface area contributed by atoms with Crippen LogP contribution in [-0.2, 0) is 0 Å². The predicted octanol–water partition coefficient (Wildman–Crippen LogP) is 4.63. The van der Waals surface area contributed by atoms with Crippen molar-refractivity contribution in [3.05, 3.63) is 53.9 Å². The number of nitrogens with zero attached hydrogens (tertiary/aromatic N) is 2. The standard InChI is InChI=1S/C14H11FN2S.ClH/c1-17(11-4-6-16-7-5-11)13-9-18-14-8-10(15)2-3-12(13)14;/h2-9H,1H3;1H. The molecule has 0 N–H and O–H groups in total. The molecular weight excluding hydrogens is 283 g/mol. The molecule has 0 spiro atoms. The van der Waals surface area contributed by atoms with Crippen molar-refractivity contribution < 1.29 is 4.39 Å². The second-order valence-corrected chi connectivity index (χ2v) is 4.94. The molecule has 2 heterocycles. The molecule has 0 amide bonds. The summed E-state index contributed by atoms with van der Waals surface area (Å²) in [5.74, 6) is -0.192. The largest absolute Gasteiger partial charge is 0.343 e. The first kappa shape index (κ1) is 13.8. The maximum atomic E-state index is 13.2. The maximum Gasteiger partial charge on any atom is 0.124 e. The Kier molecular flexibility index (Phi) is 4.02. The van der Waals surface area contributed by atoms with E-state index in [1.54, 1.807) is 29.8 Å². The number of fused-ring (bicyclic) bond motifs is 1. The van der Waals surface area contributed by atoms with E-state index in [1.807, 2.05) is 30.6 Å². The number of benzene rings is 1. The summed E-state index contributed by atoms with van der Waals surface area (Å²) in [5, 5.41) is 3.12. The summed E-state index contributed by atoms with van der Waals surface area (Å²) in [6.45, 7) is 0. The van der Waals surface area contributed by atoms with E-state index in [0.717, 1.165) is 21.5 Å². The fourth-order valence-electron chi connectivity index (χ4n) is 1.95. The third-order valence-electron chi connectivity index (χ3n) is 2.93. The Morgan fingerprint density at radius 1 is 1.16 bits per heavy atom. The van der Waals surface area contributed by atoms with Gasteiger partial charge in [0, 0.05) is 40.6 Å². The van der Waals surface area contributed by atoms with E-state index < -0.39 is 0 Å². The summed E-state index contributed by atoms with van der Waals surface area (Å²) in [5.41, 5.74) is 2.15. The Labute approximate surface area is 120 Å². The molecule has 0 bridgehead atoms. The van der Waals surface area contributed by atoms with Gasteiger partial charge in [0.2, 0.25) is 0 Å². The van der Waals surface area contributed by atoms with Crippen molar-refractivity contribution in [2.75, 3.05) is 11.9 Å². The number of anilines is 2. The van der Waals surface area contributed by atoms with Crippen molar-refractivity contribution >= 4 is 45.2 Å². The van der Waals surface area contributed by atoms with Crippen LogP contribution in [0.3, 0.4) is 0 Å². The molecule has 0 aliphatic carbocycles. The summed E-state index contributed by atoms with van der Waals surface area (Å²) in [4.78, 5) is 6.09. The van der Waals surface area contributed by atoms with Gasteiger partial charge in [-0.15, -0.1) is 23.7 Å². The Balaban J connectivity index is 0.00000133. The number of rotatable bonds is 2. The molecule has 5 heteroatoms. The van der Waals surface area contributed by atoms with E-state index >= 15 is 0 Å². The van der Waals surface area contributed by atoms with Gasteiger partial charge >= 0.3 is 0 Å². The summed E-state index contributed by atoms with van der Waals surface area (Å²) in [6.07, 6.45) is 3.53. The molecule has 0 aliphatic rings. The highest BCUT2D eigenvalue weighted by Crippen LogP contribution is 2.35. The molecule has 0 atom stereocenters. The van der Waals surface area contributed by atoms with Crippen LogP contribution >= 0.6 is 23.7 Å². The van der Waals surface area contributed by atoms with E-state index in [4.69, 9.17) is 0 Å². The van der Waals surface area contributed by atoms with Gasteiger partial charge in [0.15, 0.2) is 0 Å². The van der Waals surface area contributed by atoms with Gasteiger partial charge in [-0.3, -0.25) is 4.98 Å². The zero-order valence-corrected chi connectivity index (χ0v) is 11.8. The van der Waals surface area contributed by atoms with Crippen molar-refractivity contribution in [3.63, 3.8) is 0 Å². The van der Waals surface area contributed by atoms with Gasteiger partial charge in [0.25, 0.3) is 0 Å². The van der Waals surface area contributed by atoms with Crippen molar-refractivity contribution in [2.24, 2.45) is 0 Å². The lowest BCUT2D eigenvalue weighted by atomic mass is 10.2. The van der Waals surface area contributed by atoms with E-state index in [0.29, 0.717) is 0 Å². The highest BCUT2D eigenvalue weighted by molar-refractivity contribution is 7.17. The highest BCUT2D eigenvalue weighted by Gasteiger charge is 2.10. The zero-order chi connectivity index (χ0) is 12.5. The third-order valence-corrected chi connectivity index (χ3v) is 3.86. The topological polar surface area (TPSA) is 16.1 Å². The van der Waals surface area contributed by atoms with Crippen LogP contribution < -0.4 is 4.90 Å². The van der Waals surface area contributed by atoms with Crippen LogP contribution in [0.15, 0.2) is 48.1 Å². The second kappa shape index (κ2) is 5.55. The summed E-state index contributed by atoms with van der Waals surface area (Å²) in [7, 11) is 2.00. The van der Waals surface area contributed by atoms with E-state index in [-0.39, 0.29) is 18.2 Å². The number of halogens is 2. The third kappa shape index (κ3) is 2.55. The smallest absolute Gasteiger partial charge is 0.124 e. The van der Waals surface area contributed by atoms with E-state index in [9.17, 15) is 4.39 Å². The minimum absolute atomic E-state index is 0.